The zero-order valence-corrected chi connectivity index (χ0v) is 22.0. The molecular formula is C32H29N7. The maximum absolute atomic E-state index is 4.96. The normalized spacial score (nSPS) is 11.8. The van der Waals surface area contributed by atoms with Crippen LogP contribution in [-0.2, 0) is 12.8 Å². The number of allylic oxidation sites excluding steroid dienone is 2. The van der Waals surface area contributed by atoms with Gasteiger partial charge < -0.3 is 9.55 Å². The van der Waals surface area contributed by atoms with Gasteiger partial charge in [0, 0.05) is 35.2 Å². The first kappa shape index (κ1) is 24.3. The Morgan fingerprint density at radius 3 is 2.62 bits per heavy atom. The Labute approximate surface area is 227 Å². The zero-order valence-electron chi connectivity index (χ0n) is 22.0. The van der Waals surface area contributed by atoms with E-state index in [1.165, 1.54) is 11.1 Å². The van der Waals surface area contributed by atoms with Crippen LogP contribution in [0.15, 0.2) is 98.2 Å². The van der Waals surface area contributed by atoms with Crippen LogP contribution >= 0.6 is 0 Å². The standard InChI is InChI=1S/C32H29N7/c1-4-8-29(39-19-21(2)34-20-39)30-22(3)35-32(36-30)31-27-16-25(13-14-28(27)37-38-31)26-15-24(17-33-18-26)12-11-23-9-6-5-7-10-23/h4-10,13-20H,1,11-12H2,2-3H3,(H,35,36)(H,37,38)/b29-8+. The molecule has 192 valence electrons. The van der Waals surface area contributed by atoms with Gasteiger partial charge in [-0.1, -0.05) is 49.1 Å². The Balaban J connectivity index is 1.33. The van der Waals surface area contributed by atoms with Gasteiger partial charge in [0.15, 0.2) is 5.82 Å². The molecule has 0 saturated heterocycles. The third-order valence-electron chi connectivity index (χ3n) is 6.85. The summed E-state index contributed by atoms with van der Waals surface area (Å²) in [6, 6.07) is 19.1. The fourth-order valence-corrected chi connectivity index (χ4v) is 4.86. The van der Waals surface area contributed by atoms with Gasteiger partial charge in [0.2, 0.25) is 0 Å². The van der Waals surface area contributed by atoms with E-state index in [1.807, 2.05) is 49.1 Å². The predicted octanol–water partition coefficient (Wildman–Crippen LogP) is 6.69. The van der Waals surface area contributed by atoms with E-state index in [-0.39, 0.29) is 0 Å². The minimum atomic E-state index is 0.701. The highest BCUT2D eigenvalue weighted by molar-refractivity contribution is 5.94. The van der Waals surface area contributed by atoms with E-state index in [0.717, 1.165) is 63.3 Å². The van der Waals surface area contributed by atoms with Gasteiger partial charge in [-0.05, 0) is 67.7 Å². The fourth-order valence-electron chi connectivity index (χ4n) is 4.86. The number of rotatable bonds is 8. The number of aromatic nitrogens is 7. The molecule has 39 heavy (non-hydrogen) atoms. The lowest BCUT2D eigenvalue weighted by Crippen LogP contribution is -1.98. The lowest BCUT2D eigenvalue weighted by atomic mass is 10.0. The smallest absolute Gasteiger partial charge is 0.159 e. The van der Waals surface area contributed by atoms with Crippen molar-refractivity contribution in [1.29, 1.82) is 0 Å². The number of fused-ring (bicyclic) bond motifs is 1. The van der Waals surface area contributed by atoms with Gasteiger partial charge in [0.25, 0.3) is 0 Å². The summed E-state index contributed by atoms with van der Waals surface area (Å²) < 4.78 is 1.96. The first-order valence-corrected chi connectivity index (χ1v) is 13.0. The molecule has 4 heterocycles. The fraction of sp³-hybridized carbons (Fsp3) is 0.125. The molecule has 0 fully saturated rings. The van der Waals surface area contributed by atoms with Crippen LogP contribution in [0.25, 0.3) is 39.2 Å². The number of nitrogens with zero attached hydrogens (tertiary/aromatic N) is 5. The van der Waals surface area contributed by atoms with Crippen LogP contribution < -0.4 is 0 Å². The lowest BCUT2D eigenvalue weighted by molar-refractivity contribution is 0.950. The molecule has 0 saturated carbocycles. The molecule has 0 aliphatic heterocycles. The highest BCUT2D eigenvalue weighted by Crippen LogP contribution is 2.31. The van der Waals surface area contributed by atoms with E-state index < -0.39 is 0 Å². The summed E-state index contributed by atoms with van der Waals surface area (Å²) in [5, 5.41) is 8.78. The van der Waals surface area contributed by atoms with Crippen molar-refractivity contribution in [3.8, 4) is 22.6 Å². The van der Waals surface area contributed by atoms with Crippen LogP contribution in [0.5, 0.6) is 0 Å². The van der Waals surface area contributed by atoms with Crippen molar-refractivity contribution in [3.63, 3.8) is 0 Å². The van der Waals surface area contributed by atoms with Crippen LogP contribution in [0, 0.1) is 13.8 Å². The summed E-state index contributed by atoms with van der Waals surface area (Å²) in [5.74, 6) is 0.701. The molecule has 0 unspecified atom stereocenters. The van der Waals surface area contributed by atoms with Crippen molar-refractivity contribution in [3.05, 3.63) is 126 Å². The second kappa shape index (κ2) is 10.4. The average molecular weight is 512 g/mol. The van der Waals surface area contributed by atoms with Crippen LogP contribution in [0.2, 0.25) is 0 Å². The first-order valence-electron chi connectivity index (χ1n) is 13.0. The second-order valence-electron chi connectivity index (χ2n) is 9.67. The molecule has 0 atom stereocenters. The van der Waals surface area contributed by atoms with Crippen LogP contribution in [0.4, 0.5) is 0 Å². The molecule has 6 aromatic rings. The number of nitrogens with one attached hydrogen (secondary N) is 2. The van der Waals surface area contributed by atoms with Crippen molar-refractivity contribution < 1.29 is 0 Å². The quantitative estimate of drug-likeness (QED) is 0.223. The van der Waals surface area contributed by atoms with E-state index in [1.54, 1.807) is 12.4 Å². The Morgan fingerprint density at radius 1 is 0.974 bits per heavy atom. The molecule has 7 nitrogen and oxygen atoms in total. The minimum Gasteiger partial charge on any atom is -0.340 e. The van der Waals surface area contributed by atoms with Crippen molar-refractivity contribution >= 4 is 16.6 Å². The summed E-state index contributed by atoms with van der Waals surface area (Å²) in [4.78, 5) is 17.3. The molecule has 7 heteroatoms. The molecule has 0 bridgehead atoms. The lowest BCUT2D eigenvalue weighted by Gasteiger charge is -2.06. The van der Waals surface area contributed by atoms with E-state index in [2.05, 4.69) is 80.3 Å². The van der Waals surface area contributed by atoms with Crippen molar-refractivity contribution in [2.45, 2.75) is 26.7 Å². The Bertz CT molecular complexity index is 1800. The third kappa shape index (κ3) is 4.94. The largest absolute Gasteiger partial charge is 0.340 e. The second-order valence-corrected chi connectivity index (χ2v) is 9.67. The maximum Gasteiger partial charge on any atom is 0.159 e. The number of aromatic amines is 2. The van der Waals surface area contributed by atoms with Gasteiger partial charge in [-0.2, -0.15) is 5.10 Å². The topological polar surface area (TPSA) is 88.1 Å². The van der Waals surface area contributed by atoms with Gasteiger partial charge >= 0.3 is 0 Å². The minimum absolute atomic E-state index is 0.701. The van der Waals surface area contributed by atoms with Gasteiger partial charge in [0.05, 0.1) is 23.2 Å². The molecule has 0 aliphatic rings. The highest BCUT2D eigenvalue weighted by atomic mass is 15.1. The number of H-pyrrole nitrogens is 2. The molecule has 0 aliphatic carbocycles. The van der Waals surface area contributed by atoms with E-state index in [9.17, 15) is 0 Å². The molecule has 6 rings (SSSR count). The zero-order chi connectivity index (χ0) is 26.8. The number of hydrogen-bond donors (Lipinski definition) is 2. The summed E-state index contributed by atoms with van der Waals surface area (Å²) >= 11 is 0. The number of imidazole rings is 2. The monoisotopic (exact) mass is 511 g/mol. The summed E-state index contributed by atoms with van der Waals surface area (Å²) in [7, 11) is 0. The SMILES string of the molecule is C=C/C=C(\c1nc(-c2n[nH]c3ccc(-c4cncc(CCc5ccccc5)c4)cc23)[nH]c1C)n1cnc(C)c1. The Hall–Kier alpha value is -5.04. The van der Waals surface area contributed by atoms with Gasteiger partial charge in [0.1, 0.15) is 11.4 Å². The van der Waals surface area contributed by atoms with E-state index in [0.29, 0.717) is 5.82 Å². The van der Waals surface area contributed by atoms with Crippen molar-refractivity contribution in [1.82, 2.24) is 34.7 Å². The van der Waals surface area contributed by atoms with Crippen LogP contribution in [0.1, 0.15) is 28.2 Å². The molecule has 0 radical (unpaired) electrons. The summed E-state index contributed by atoms with van der Waals surface area (Å²) in [6.45, 7) is 7.86. The van der Waals surface area contributed by atoms with Gasteiger partial charge in [-0.3, -0.25) is 10.1 Å². The Morgan fingerprint density at radius 2 is 1.82 bits per heavy atom. The van der Waals surface area contributed by atoms with E-state index in [4.69, 9.17) is 4.98 Å². The van der Waals surface area contributed by atoms with Crippen molar-refractivity contribution in [2.24, 2.45) is 0 Å². The average Bonchev–Trinajstić information content (AvgIpc) is 3.69. The number of aryl methyl sites for hydroxylation is 4. The molecule has 2 aromatic carbocycles. The summed E-state index contributed by atoms with van der Waals surface area (Å²) in [6.07, 6.45) is 13.3. The first-order chi connectivity index (χ1) is 19.1. The van der Waals surface area contributed by atoms with Crippen molar-refractivity contribution in [2.75, 3.05) is 0 Å². The molecular weight excluding hydrogens is 482 g/mol. The third-order valence-corrected chi connectivity index (χ3v) is 6.85. The highest BCUT2D eigenvalue weighted by Gasteiger charge is 2.18. The number of hydrogen-bond acceptors (Lipinski definition) is 4. The molecule has 0 amide bonds. The Kier molecular flexibility index (Phi) is 6.47. The van der Waals surface area contributed by atoms with Gasteiger partial charge in [-0.25, -0.2) is 9.97 Å². The van der Waals surface area contributed by atoms with Crippen LogP contribution in [-0.4, -0.2) is 34.7 Å². The van der Waals surface area contributed by atoms with Gasteiger partial charge in [-0.15, -0.1) is 0 Å². The molecule has 4 aromatic heterocycles. The predicted molar refractivity (Wildman–Crippen MR) is 156 cm³/mol. The number of pyridine rings is 1. The summed E-state index contributed by atoms with van der Waals surface area (Å²) in [5.41, 5.74) is 10.0. The van der Waals surface area contributed by atoms with E-state index >= 15 is 0 Å². The molecule has 0 spiro atoms. The maximum atomic E-state index is 4.96. The number of benzene rings is 2. The molecule has 2 N–H and O–H groups in total. The van der Waals surface area contributed by atoms with Crippen LogP contribution in [0.3, 0.4) is 0 Å².